The number of nitrogens with zero attached hydrogens (tertiary/aromatic N) is 1. The van der Waals surface area contributed by atoms with Gasteiger partial charge in [-0.1, -0.05) is 6.07 Å². The first-order chi connectivity index (χ1) is 9.41. The van der Waals surface area contributed by atoms with Gasteiger partial charge in [0.15, 0.2) is 0 Å². The summed E-state index contributed by atoms with van der Waals surface area (Å²) in [5.41, 5.74) is 2.69. The van der Waals surface area contributed by atoms with Crippen LogP contribution in [0.1, 0.15) is 41.8 Å². The topological polar surface area (TPSA) is 49.8 Å². The number of aromatic carboxylic acids is 1. The van der Waals surface area contributed by atoms with Crippen LogP contribution in [-0.4, -0.2) is 41.8 Å². The zero-order valence-electron chi connectivity index (χ0n) is 12.5. The quantitative estimate of drug-likeness (QED) is 0.898. The molecule has 0 amide bonds. The lowest BCUT2D eigenvalue weighted by molar-refractivity contribution is 0.00641. The number of carbonyl (C=O) groups is 1. The maximum atomic E-state index is 11.0. The first-order valence-electron chi connectivity index (χ1n) is 7.04. The van der Waals surface area contributed by atoms with Crippen LogP contribution in [0.25, 0.3) is 0 Å². The van der Waals surface area contributed by atoms with Gasteiger partial charge in [-0.2, -0.15) is 0 Å². The van der Waals surface area contributed by atoms with E-state index in [1.54, 1.807) is 13.2 Å². The van der Waals surface area contributed by atoms with Gasteiger partial charge in [0.2, 0.25) is 0 Å². The van der Waals surface area contributed by atoms with Crippen molar-refractivity contribution in [2.24, 2.45) is 0 Å². The Morgan fingerprint density at radius 3 is 2.80 bits per heavy atom. The minimum Gasteiger partial charge on any atom is -0.478 e. The van der Waals surface area contributed by atoms with Gasteiger partial charge in [0.05, 0.1) is 11.2 Å². The van der Waals surface area contributed by atoms with Crippen molar-refractivity contribution < 1.29 is 14.6 Å². The van der Waals surface area contributed by atoms with Crippen LogP contribution in [0.4, 0.5) is 0 Å². The van der Waals surface area contributed by atoms with Crippen molar-refractivity contribution in [1.82, 2.24) is 4.90 Å². The van der Waals surface area contributed by atoms with E-state index in [9.17, 15) is 4.79 Å². The molecule has 0 saturated heterocycles. The molecule has 1 aliphatic rings. The van der Waals surface area contributed by atoms with Crippen LogP contribution < -0.4 is 0 Å². The van der Waals surface area contributed by atoms with Crippen LogP contribution in [0.3, 0.4) is 0 Å². The normalized spacial score (nSPS) is 15.9. The third-order valence-corrected chi connectivity index (χ3v) is 4.13. The van der Waals surface area contributed by atoms with Crippen molar-refractivity contribution in [3.8, 4) is 0 Å². The molecule has 0 saturated carbocycles. The van der Waals surface area contributed by atoms with Gasteiger partial charge >= 0.3 is 5.97 Å². The number of carboxylic acids is 1. The summed E-state index contributed by atoms with van der Waals surface area (Å²) in [7, 11) is 1.74. The van der Waals surface area contributed by atoms with Crippen LogP contribution in [0.15, 0.2) is 18.2 Å². The summed E-state index contributed by atoms with van der Waals surface area (Å²) in [4.78, 5) is 13.4. The van der Waals surface area contributed by atoms with Crippen LogP contribution in [0, 0.1) is 0 Å². The highest BCUT2D eigenvalue weighted by molar-refractivity contribution is 5.87. The Morgan fingerprint density at radius 1 is 1.40 bits per heavy atom. The molecular formula is C16H23NO3. The van der Waals surface area contributed by atoms with E-state index in [4.69, 9.17) is 9.84 Å². The molecule has 2 rings (SSSR count). The van der Waals surface area contributed by atoms with Gasteiger partial charge in [-0.3, -0.25) is 4.90 Å². The molecule has 1 heterocycles. The Morgan fingerprint density at radius 2 is 2.15 bits per heavy atom. The summed E-state index contributed by atoms with van der Waals surface area (Å²) in [5, 5.41) is 9.06. The summed E-state index contributed by atoms with van der Waals surface area (Å²) in [5.74, 6) is -0.856. The number of benzene rings is 1. The van der Waals surface area contributed by atoms with Crippen LogP contribution >= 0.6 is 0 Å². The monoisotopic (exact) mass is 277 g/mol. The van der Waals surface area contributed by atoms with Gasteiger partial charge in [-0.05, 0) is 49.9 Å². The fourth-order valence-electron chi connectivity index (χ4n) is 2.47. The van der Waals surface area contributed by atoms with E-state index in [0.717, 1.165) is 38.0 Å². The fourth-order valence-corrected chi connectivity index (χ4v) is 2.47. The number of hydrogen-bond acceptors (Lipinski definition) is 3. The molecule has 4 heteroatoms. The zero-order valence-corrected chi connectivity index (χ0v) is 12.5. The summed E-state index contributed by atoms with van der Waals surface area (Å²) >= 11 is 0. The SMILES string of the molecule is COC(C)(C)CCN1CCc2ccc(C(=O)O)cc2C1. The van der Waals surface area contributed by atoms with Crippen molar-refractivity contribution in [1.29, 1.82) is 0 Å². The van der Waals surface area contributed by atoms with Crippen molar-refractivity contribution in [3.63, 3.8) is 0 Å². The minimum atomic E-state index is -0.856. The molecular weight excluding hydrogens is 254 g/mol. The number of rotatable bonds is 5. The second-order valence-electron chi connectivity index (χ2n) is 6.03. The summed E-state index contributed by atoms with van der Waals surface area (Å²) in [6, 6.07) is 5.46. The number of hydrogen-bond donors (Lipinski definition) is 1. The van der Waals surface area contributed by atoms with Crippen molar-refractivity contribution in [3.05, 3.63) is 34.9 Å². The molecule has 20 heavy (non-hydrogen) atoms. The highest BCUT2D eigenvalue weighted by Gasteiger charge is 2.21. The Kier molecular flexibility index (Phi) is 4.45. The standard InChI is InChI=1S/C16H23NO3/c1-16(2,20-3)7-9-17-8-6-12-4-5-13(15(18)19)10-14(12)11-17/h4-5,10H,6-9,11H2,1-3H3,(H,18,19). The molecule has 0 bridgehead atoms. The molecule has 1 N–H and O–H groups in total. The predicted molar refractivity (Wildman–Crippen MR) is 78.1 cm³/mol. The van der Waals surface area contributed by atoms with Crippen molar-refractivity contribution in [2.45, 2.75) is 38.8 Å². The Balaban J connectivity index is 2.02. The predicted octanol–water partition coefficient (Wildman–Crippen LogP) is 2.56. The Bertz CT molecular complexity index is 496. The van der Waals surface area contributed by atoms with E-state index in [0.29, 0.717) is 5.56 Å². The molecule has 110 valence electrons. The van der Waals surface area contributed by atoms with Gasteiger partial charge in [-0.15, -0.1) is 0 Å². The first-order valence-corrected chi connectivity index (χ1v) is 7.04. The molecule has 0 aliphatic carbocycles. The molecule has 0 unspecified atom stereocenters. The number of ether oxygens (including phenoxy) is 1. The molecule has 4 nitrogen and oxygen atoms in total. The molecule has 1 aromatic carbocycles. The average molecular weight is 277 g/mol. The average Bonchev–Trinajstić information content (AvgIpc) is 2.44. The second kappa shape index (κ2) is 5.94. The molecule has 1 aromatic rings. The third kappa shape index (κ3) is 3.58. The van der Waals surface area contributed by atoms with Gasteiger partial charge in [0, 0.05) is 26.7 Å². The largest absolute Gasteiger partial charge is 0.478 e. The first kappa shape index (κ1) is 15.0. The smallest absolute Gasteiger partial charge is 0.335 e. The highest BCUT2D eigenvalue weighted by atomic mass is 16.5. The van der Waals surface area contributed by atoms with E-state index in [1.807, 2.05) is 12.1 Å². The Labute approximate surface area is 120 Å². The lowest BCUT2D eigenvalue weighted by Crippen LogP contribution is -2.35. The summed E-state index contributed by atoms with van der Waals surface area (Å²) < 4.78 is 5.44. The number of fused-ring (bicyclic) bond motifs is 1. The minimum absolute atomic E-state index is 0.108. The highest BCUT2D eigenvalue weighted by Crippen LogP contribution is 2.22. The lowest BCUT2D eigenvalue weighted by Gasteiger charge is -2.32. The van der Waals surface area contributed by atoms with Gasteiger partial charge in [0.25, 0.3) is 0 Å². The van der Waals surface area contributed by atoms with E-state index < -0.39 is 5.97 Å². The molecule has 0 aromatic heterocycles. The van der Waals surface area contributed by atoms with Gasteiger partial charge < -0.3 is 9.84 Å². The molecule has 1 aliphatic heterocycles. The fraction of sp³-hybridized carbons (Fsp3) is 0.562. The van der Waals surface area contributed by atoms with E-state index >= 15 is 0 Å². The molecule has 0 spiro atoms. The van der Waals surface area contributed by atoms with E-state index in [1.165, 1.54) is 5.56 Å². The summed E-state index contributed by atoms with van der Waals surface area (Å²) in [6.07, 6.45) is 1.96. The second-order valence-corrected chi connectivity index (χ2v) is 6.03. The van der Waals surface area contributed by atoms with Crippen molar-refractivity contribution >= 4 is 5.97 Å². The third-order valence-electron chi connectivity index (χ3n) is 4.13. The molecule has 0 atom stereocenters. The number of methoxy groups -OCH3 is 1. The van der Waals surface area contributed by atoms with Crippen LogP contribution in [0.2, 0.25) is 0 Å². The van der Waals surface area contributed by atoms with Crippen molar-refractivity contribution in [2.75, 3.05) is 20.2 Å². The van der Waals surface area contributed by atoms with E-state index in [2.05, 4.69) is 18.7 Å². The maximum Gasteiger partial charge on any atom is 0.335 e. The maximum absolute atomic E-state index is 11.0. The molecule has 0 radical (unpaired) electrons. The lowest BCUT2D eigenvalue weighted by atomic mass is 9.96. The summed E-state index contributed by atoms with van der Waals surface area (Å²) in [6.45, 7) is 7.01. The van der Waals surface area contributed by atoms with E-state index in [-0.39, 0.29) is 5.60 Å². The van der Waals surface area contributed by atoms with Crippen LogP contribution in [0.5, 0.6) is 0 Å². The molecule has 0 fully saturated rings. The number of carboxylic acid groups (broad SMARTS) is 1. The van der Waals surface area contributed by atoms with Gasteiger partial charge in [0.1, 0.15) is 0 Å². The van der Waals surface area contributed by atoms with Crippen LogP contribution in [-0.2, 0) is 17.7 Å². The van der Waals surface area contributed by atoms with Gasteiger partial charge in [-0.25, -0.2) is 4.79 Å². The Hall–Kier alpha value is -1.39. The zero-order chi connectivity index (χ0) is 14.8.